The van der Waals surface area contributed by atoms with Gasteiger partial charge in [0, 0.05) is 4.88 Å². The Kier molecular flexibility index (Phi) is 5.51. The maximum absolute atomic E-state index is 12.8. The van der Waals surface area contributed by atoms with E-state index in [2.05, 4.69) is 10.6 Å². The first-order valence-electron chi connectivity index (χ1n) is 7.36. The Labute approximate surface area is 168 Å². The molecule has 0 fully saturated rings. The van der Waals surface area contributed by atoms with Crippen LogP contribution in [0.15, 0.2) is 24.3 Å². The van der Waals surface area contributed by atoms with Crippen LogP contribution in [-0.4, -0.2) is 15.6 Å². The smallest absolute Gasteiger partial charge is 0.277 e. The molecule has 0 bridgehead atoms. The Balaban J connectivity index is 1.93. The third-order valence-corrected chi connectivity index (χ3v) is 5.81. The molecular weight excluding hydrogens is 426 g/mol. The van der Waals surface area contributed by atoms with Gasteiger partial charge in [-0.05, 0) is 37.0 Å². The van der Waals surface area contributed by atoms with E-state index in [1.54, 1.807) is 24.3 Å². The summed E-state index contributed by atoms with van der Waals surface area (Å²) in [6.45, 7) is 0. The van der Waals surface area contributed by atoms with Crippen LogP contribution in [0.2, 0.25) is 5.02 Å². The maximum Gasteiger partial charge on any atom is 0.277 e. The third-order valence-electron chi connectivity index (χ3n) is 3.75. The van der Waals surface area contributed by atoms with Gasteiger partial charge >= 0.3 is 0 Å². The number of anilines is 2. The van der Waals surface area contributed by atoms with Crippen molar-refractivity contribution in [3.63, 3.8) is 0 Å². The molecule has 1 aromatic heterocycles. The first-order valence-corrected chi connectivity index (χ1v) is 9.69. The Morgan fingerprint density at radius 1 is 1.08 bits per heavy atom. The van der Waals surface area contributed by atoms with Gasteiger partial charge < -0.3 is 10.6 Å². The van der Waals surface area contributed by atoms with Crippen LogP contribution in [-0.2, 0) is 17.6 Å². The van der Waals surface area contributed by atoms with Crippen molar-refractivity contribution < 1.29 is 9.59 Å². The Morgan fingerprint density at radius 2 is 1.80 bits per heavy atom. The molecule has 25 heavy (non-hydrogen) atoms. The lowest BCUT2D eigenvalue weighted by Gasteiger charge is -2.13. The van der Waals surface area contributed by atoms with E-state index in [0.717, 1.165) is 29.7 Å². The van der Waals surface area contributed by atoms with Crippen LogP contribution >= 0.6 is 57.7 Å². The van der Waals surface area contributed by atoms with Gasteiger partial charge in [0.05, 0.1) is 16.3 Å². The molecule has 2 N–H and O–H groups in total. The largest absolute Gasteiger partial charge is 0.321 e. The van der Waals surface area contributed by atoms with Gasteiger partial charge in [0.2, 0.25) is 0 Å². The summed E-state index contributed by atoms with van der Waals surface area (Å²) >= 11 is 24.3. The van der Waals surface area contributed by atoms with E-state index < -0.39 is 9.70 Å². The van der Waals surface area contributed by atoms with Crippen LogP contribution in [0.1, 0.15) is 27.2 Å². The number of carbonyl (C=O) groups excluding carboxylic acids is 2. The van der Waals surface area contributed by atoms with Crippen LogP contribution in [0.25, 0.3) is 0 Å². The van der Waals surface area contributed by atoms with Gasteiger partial charge in [-0.3, -0.25) is 9.59 Å². The lowest BCUT2D eigenvalue weighted by molar-refractivity contribution is -0.115. The van der Waals surface area contributed by atoms with E-state index in [0.29, 0.717) is 21.3 Å². The molecule has 0 spiro atoms. The van der Waals surface area contributed by atoms with E-state index >= 15 is 0 Å². The second-order valence-corrected chi connectivity index (χ2v) is 9.24. The number of hydrogen-bond acceptors (Lipinski definition) is 3. The standard InChI is InChI=1S/C16H12Cl4N2O2S/c17-9-5-1-2-6-10(9)21-13(23)12-8-4-3-7-11(8)25-14(12)22-15(24)16(18,19)20/h1-2,5-6H,3-4,7H2,(H,21,23)(H,22,24). The highest BCUT2D eigenvalue weighted by molar-refractivity contribution is 7.17. The molecule has 4 nitrogen and oxygen atoms in total. The van der Waals surface area contributed by atoms with Gasteiger partial charge in [-0.2, -0.15) is 0 Å². The lowest BCUT2D eigenvalue weighted by Crippen LogP contribution is -2.27. The van der Waals surface area contributed by atoms with Crippen molar-refractivity contribution >= 4 is 80.2 Å². The van der Waals surface area contributed by atoms with E-state index in [1.807, 2.05) is 0 Å². The van der Waals surface area contributed by atoms with Gasteiger partial charge in [-0.25, -0.2) is 0 Å². The van der Waals surface area contributed by atoms with Gasteiger partial charge in [0.1, 0.15) is 5.00 Å². The van der Waals surface area contributed by atoms with Crippen LogP contribution in [0.5, 0.6) is 0 Å². The summed E-state index contributed by atoms with van der Waals surface area (Å²) in [5.41, 5.74) is 1.82. The maximum atomic E-state index is 12.8. The fraction of sp³-hybridized carbons (Fsp3) is 0.250. The fourth-order valence-corrected chi connectivity index (χ4v) is 4.26. The Hall–Kier alpha value is -0.980. The van der Waals surface area contributed by atoms with Crippen molar-refractivity contribution in [1.82, 2.24) is 0 Å². The molecule has 0 radical (unpaired) electrons. The Bertz CT molecular complexity index is 845. The molecule has 0 atom stereocenters. The molecule has 0 unspecified atom stereocenters. The minimum Gasteiger partial charge on any atom is -0.321 e. The highest BCUT2D eigenvalue weighted by Crippen LogP contribution is 2.40. The number of alkyl halides is 3. The van der Waals surface area contributed by atoms with Crippen molar-refractivity contribution in [1.29, 1.82) is 0 Å². The molecule has 3 rings (SSSR count). The highest BCUT2D eigenvalue weighted by Gasteiger charge is 2.34. The number of para-hydroxylation sites is 1. The van der Waals surface area contributed by atoms with E-state index in [4.69, 9.17) is 46.4 Å². The predicted molar refractivity (Wildman–Crippen MR) is 105 cm³/mol. The number of amides is 2. The molecule has 2 amide bonds. The normalized spacial score (nSPS) is 13.4. The molecule has 132 valence electrons. The Morgan fingerprint density at radius 3 is 2.48 bits per heavy atom. The molecular formula is C16H12Cl4N2O2S. The average molecular weight is 438 g/mol. The first-order chi connectivity index (χ1) is 11.8. The fourth-order valence-electron chi connectivity index (χ4n) is 2.65. The number of thiophene rings is 1. The summed E-state index contributed by atoms with van der Waals surface area (Å²) < 4.78 is -2.11. The van der Waals surface area contributed by atoms with Gasteiger partial charge in [-0.15, -0.1) is 11.3 Å². The zero-order valence-electron chi connectivity index (χ0n) is 12.7. The second-order valence-electron chi connectivity index (χ2n) is 5.45. The molecule has 1 aromatic carbocycles. The summed E-state index contributed by atoms with van der Waals surface area (Å²) in [4.78, 5) is 25.9. The van der Waals surface area contributed by atoms with Crippen LogP contribution in [0.4, 0.5) is 10.7 Å². The summed E-state index contributed by atoms with van der Waals surface area (Å²) in [6, 6.07) is 6.92. The number of carbonyl (C=O) groups is 2. The zero-order chi connectivity index (χ0) is 18.2. The topological polar surface area (TPSA) is 58.2 Å². The number of benzene rings is 1. The molecule has 0 saturated heterocycles. The SMILES string of the molecule is O=C(Nc1ccccc1Cl)c1c(NC(=O)C(Cl)(Cl)Cl)sc2c1CCC2. The minimum atomic E-state index is -2.11. The highest BCUT2D eigenvalue weighted by atomic mass is 35.6. The summed E-state index contributed by atoms with van der Waals surface area (Å²) in [5.74, 6) is -1.16. The molecule has 0 aliphatic heterocycles. The summed E-state index contributed by atoms with van der Waals surface area (Å²) in [7, 11) is 0. The van der Waals surface area contributed by atoms with Crippen LogP contribution < -0.4 is 10.6 Å². The van der Waals surface area contributed by atoms with E-state index in [9.17, 15) is 9.59 Å². The van der Waals surface area contributed by atoms with Crippen molar-refractivity contribution in [2.45, 2.75) is 23.1 Å². The number of aryl methyl sites for hydroxylation is 1. The zero-order valence-corrected chi connectivity index (χ0v) is 16.5. The van der Waals surface area contributed by atoms with Crippen molar-refractivity contribution in [2.24, 2.45) is 0 Å². The third kappa shape index (κ3) is 4.07. The predicted octanol–water partition coefficient (Wildman–Crippen LogP) is 5.45. The quantitative estimate of drug-likeness (QED) is 0.627. The second kappa shape index (κ2) is 7.33. The number of nitrogens with one attached hydrogen (secondary N) is 2. The van der Waals surface area contributed by atoms with Crippen LogP contribution in [0.3, 0.4) is 0 Å². The van der Waals surface area contributed by atoms with Crippen molar-refractivity contribution in [3.05, 3.63) is 45.3 Å². The number of hydrogen-bond donors (Lipinski definition) is 2. The van der Waals surface area contributed by atoms with Crippen molar-refractivity contribution in [2.75, 3.05) is 10.6 Å². The molecule has 1 aliphatic rings. The van der Waals surface area contributed by atoms with Gasteiger partial charge in [0.25, 0.3) is 15.6 Å². The van der Waals surface area contributed by atoms with Crippen LogP contribution in [0, 0.1) is 0 Å². The molecule has 1 aliphatic carbocycles. The summed E-state index contributed by atoms with van der Waals surface area (Å²) in [5, 5.41) is 6.14. The molecule has 2 aromatic rings. The lowest BCUT2D eigenvalue weighted by atomic mass is 10.1. The molecule has 1 heterocycles. The van der Waals surface area contributed by atoms with Crippen molar-refractivity contribution in [3.8, 4) is 0 Å². The number of rotatable bonds is 3. The van der Waals surface area contributed by atoms with Gasteiger partial charge in [-0.1, -0.05) is 58.5 Å². The summed E-state index contributed by atoms with van der Waals surface area (Å²) in [6.07, 6.45) is 2.59. The number of halogens is 4. The van der Waals surface area contributed by atoms with Gasteiger partial charge in [0.15, 0.2) is 0 Å². The minimum absolute atomic E-state index is 0.355. The molecule has 0 saturated carbocycles. The first kappa shape index (κ1) is 18.8. The molecule has 9 heteroatoms. The monoisotopic (exact) mass is 436 g/mol. The average Bonchev–Trinajstić information content (AvgIpc) is 3.08. The van der Waals surface area contributed by atoms with E-state index in [-0.39, 0.29) is 5.91 Å². The number of fused-ring (bicyclic) bond motifs is 1. The van der Waals surface area contributed by atoms with E-state index in [1.165, 1.54) is 11.3 Å².